The molecule has 1 heterocycles. The molecule has 1 aromatic carbocycles. The van der Waals surface area contributed by atoms with Crippen molar-refractivity contribution < 1.29 is 0 Å². The molecule has 0 saturated heterocycles. The number of hydrogen-bond donors (Lipinski definition) is 2. The summed E-state index contributed by atoms with van der Waals surface area (Å²) in [4.78, 5) is 8.84. The fourth-order valence-electron chi connectivity index (χ4n) is 2.32. The van der Waals surface area contributed by atoms with E-state index < -0.39 is 0 Å². The molecule has 0 aliphatic rings. The van der Waals surface area contributed by atoms with Crippen molar-refractivity contribution in [1.82, 2.24) is 20.1 Å². The van der Waals surface area contributed by atoms with Gasteiger partial charge in [0.2, 0.25) is 5.95 Å². The van der Waals surface area contributed by atoms with Gasteiger partial charge in [-0.1, -0.05) is 0 Å². The molecule has 0 atom stereocenters. The third-order valence-electron chi connectivity index (χ3n) is 3.68. The highest BCUT2D eigenvalue weighted by molar-refractivity contribution is 5.59. The Morgan fingerprint density at radius 3 is 2.38 bits per heavy atom. The zero-order valence-corrected chi connectivity index (χ0v) is 15.0. The average molecular weight is 329 g/mol. The Kier molecular flexibility index (Phi) is 6.74. The number of hydrogen-bond acceptors (Lipinski definition) is 7. The zero-order valence-electron chi connectivity index (χ0n) is 15.0. The Labute approximate surface area is 144 Å². The number of benzene rings is 1. The third kappa shape index (κ3) is 5.34. The second-order valence-electron chi connectivity index (χ2n) is 5.74. The molecule has 7 heteroatoms. The summed E-state index contributed by atoms with van der Waals surface area (Å²) in [5.41, 5.74) is 2.15. The lowest BCUT2D eigenvalue weighted by Gasteiger charge is -2.21. The summed E-state index contributed by atoms with van der Waals surface area (Å²) < 4.78 is 0. The Hall–Kier alpha value is -2.41. The van der Waals surface area contributed by atoms with E-state index in [1.807, 2.05) is 26.2 Å². The summed E-state index contributed by atoms with van der Waals surface area (Å²) in [6.07, 6.45) is 1.63. The lowest BCUT2D eigenvalue weighted by atomic mass is 10.2. The zero-order chi connectivity index (χ0) is 17.4. The third-order valence-corrected chi connectivity index (χ3v) is 3.68. The smallest absolute Gasteiger partial charge is 0.249 e. The van der Waals surface area contributed by atoms with Crippen molar-refractivity contribution in [3.63, 3.8) is 0 Å². The van der Waals surface area contributed by atoms with Crippen LogP contribution in [-0.2, 0) is 0 Å². The summed E-state index contributed by atoms with van der Waals surface area (Å²) in [5, 5.41) is 14.5. The number of anilines is 4. The Balaban J connectivity index is 1.98. The van der Waals surface area contributed by atoms with Gasteiger partial charge < -0.3 is 20.4 Å². The normalized spacial score (nSPS) is 10.7. The van der Waals surface area contributed by atoms with Gasteiger partial charge in [-0.3, -0.25) is 0 Å². The first-order chi connectivity index (χ1) is 11.6. The molecule has 2 rings (SSSR count). The molecule has 0 fully saturated rings. The van der Waals surface area contributed by atoms with Gasteiger partial charge in [-0.05, 0) is 52.2 Å². The predicted octanol–water partition coefficient (Wildman–Crippen LogP) is 2.43. The standard InChI is InChI=1S/C17H27N7/c1-5-24(6-2)15-9-7-14(8-10-15)20-17-21-16(13-19-22-17)18-11-12-23(3)4/h7-10,13H,5-6,11-12H2,1-4H3,(H2,18,20,21,22). The molecule has 0 saturated carbocycles. The minimum atomic E-state index is 0.487. The highest BCUT2D eigenvalue weighted by Gasteiger charge is 2.04. The molecule has 130 valence electrons. The number of nitrogens with one attached hydrogen (secondary N) is 2. The Morgan fingerprint density at radius 2 is 1.75 bits per heavy atom. The molecule has 2 aromatic rings. The van der Waals surface area contributed by atoms with Gasteiger partial charge in [-0.2, -0.15) is 10.1 Å². The van der Waals surface area contributed by atoms with Crippen LogP contribution in [0, 0.1) is 0 Å². The second kappa shape index (κ2) is 9.02. The van der Waals surface area contributed by atoms with Crippen molar-refractivity contribution >= 4 is 23.1 Å². The maximum atomic E-state index is 4.43. The summed E-state index contributed by atoms with van der Waals surface area (Å²) in [5.74, 6) is 1.20. The van der Waals surface area contributed by atoms with Gasteiger partial charge in [0.05, 0.1) is 6.20 Å². The maximum absolute atomic E-state index is 4.43. The van der Waals surface area contributed by atoms with E-state index in [4.69, 9.17) is 0 Å². The Bertz CT molecular complexity index is 609. The van der Waals surface area contributed by atoms with E-state index >= 15 is 0 Å². The molecule has 24 heavy (non-hydrogen) atoms. The van der Waals surface area contributed by atoms with E-state index in [0.29, 0.717) is 11.8 Å². The van der Waals surface area contributed by atoms with Crippen LogP contribution in [0.4, 0.5) is 23.1 Å². The van der Waals surface area contributed by atoms with Crippen LogP contribution in [0.25, 0.3) is 0 Å². The minimum absolute atomic E-state index is 0.487. The number of rotatable bonds is 9. The lowest BCUT2D eigenvalue weighted by Crippen LogP contribution is -2.21. The van der Waals surface area contributed by atoms with Crippen molar-refractivity contribution in [1.29, 1.82) is 0 Å². The van der Waals surface area contributed by atoms with E-state index in [0.717, 1.165) is 31.9 Å². The predicted molar refractivity (Wildman–Crippen MR) is 100 cm³/mol. The summed E-state index contributed by atoms with van der Waals surface area (Å²) in [6.45, 7) is 8.05. The van der Waals surface area contributed by atoms with Crippen molar-refractivity contribution in [2.24, 2.45) is 0 Å². The van der Waals surface area contributed by atoms with Gasteiger partial charge in [0, 0.05) is 37.6 Å². The van der Waals surface area contributed by atoms with Crippen molar-refractivity contribution in [2.75, 3.05) is 55.8 Å². The van der Waals surface area contributed by atoms with E-state index in [1.165, 1.54) is 5.69 Å². The summed E-state index contributed by atoms with van der Waals surface area (Å²) in [6, 6.07) is 8.26. The van der Waals surface area contributed by atoms with Gasteiger partial charge >= 0.3 is 0 Å². The molecule has 1 aromatic heterocycles. The molecular formula is C17H27N7. The fraction of sp³-hybridized carbons (Fsp3) is 0.471. The summed E-state index contributed by atoms with van der Waals surface area (Å²) >= 11 is 0. The SMILES string of the molecule is CCN(CC)c1ccc(Nc2nncc(NCCN(C)C)n2)cc1. The molecule has 0 amide bonds. The molecule has 2 N–H and O–H groups in total. The van der Waals surface area contributed by atoms with Crippen LogP contribution >= 0.6 is 0 Å². The molecule has 7 nitrogen and oxygen atoms in total. The molecule has 0 unspecified atom stereocenters. The fourth-order valence-corrected chi connectivity index (χ4v) is 2.32. The highest BCUT2D eigenvalue weighted by atomic mass is 15.3. The first-order valence-electron chi connectivity index (χ1n) is 8.32. The van der Waals surface area contributed by atoms with E-state index in [9.17, 15) is 0 Å². The molecular weight excluding hydrogens is 302 g/mol. The van der Waals surface area contributed by atoms with Crippen molar-refractivity contribution in [2.45, 2.75) is 13.8 Å². The van der Waals surface area contributed by atoms with Gasteiger partial charge in [-0.25, -0.2) is 0 Å². The molecule has 0 bridgehead atoms. The van der Waals surface area contributed by atoms with E-state index in [-0.39, 0.29) is 0 Å². The topological polar surface area (TPSA) is 69.2 Å². The van der Waals surface area contributed by atoms with Gasteiger partial charge in [0.25, 0.3) is 0 Å². The lowest BCUT2D eigenvalue weighted by molar-refractivity contribution is 0.425. The molecule has 0 spiro atoms. The second-order valence-corrected chi connectivity index (χ2v) is 5.74. The molecule has 0 aliphatic heterocycles. The van der Waals surface area contributed by atoms with E-state index in [1.54, 1.807) is 6.20 Å². The van der Waals surface area contributed by atoms with Crippen LogP contribution in [0.2, 0.25) is 0 Å². The largest absolute Gasteiger partial charge is 0.372 e. The first-order valence-corrected chi connectivity index (χ1v) is 8.32. The quantitative estimate of drug-likeness (QED) is 0.732. The average Bonchev–Trinajstić information content (AvgIpc) is 2.57. The number of nitrogens with zero attached hydrogens (tertiary/aromatic N) is 5. The number of likely N-dealkylation sites (N-methyl/N-ethyl adjacent to an activating group) is 1. The van der Waals surface area contributed by atoms with Crippen LogP contribution in [0.15, 0.2) is 30.5 Å². The van der Waals surface area contributed by atoms with Crippen LogP contribution in [0.5, 0.6) is 0 Å². The maximum Gasteiger partial charge on any atom is 0.249 e. The van der Waals surface area contributed by atoms with Crippen LogP contribution in [0.1, 0.15) is 13.8 Å². The van der Waals surface area contributed by atoms with Gasteiger partial charge in [0.1, 0.15) is 0 Å². The Morgan fingerprint density at radius 1 is 1.04 bits per heavy atom. The van der Waals surface area contributed by atoms with Crippen LogP contribution in [0.3, 0.4) is 0 Å². The minimum Gasteiger partial charge on any atom is -0.372 e. The number of aromatic nitrogens is 3. The first kappa shape index (κ1) is 17.9. The van der Waals surface area contributed by atoms with Crippen LogP contribution in [-0.4, -0.2) is 60.4 Å². The van der Waals surface area contributed by atoms with Gasteiger partial charge in [0.15, 0.2) is 5.82 Å². The van der Waals surface area contributed by atoms with Gasteiger partial charge in [-0.15, -0.1) is 5.10 Å². The van der Waals surface area contributed by atoms with Crippen LogP contribution < -0.4 is 15.5 Å². The van der Waals surface area contributed by atoms with Crippen molar-refractivity contribution in [3.8, 4) is 0 Å². The highest BCUT2D eigenvalue weighted by Crippen LogP contribution is 2.19. The molecule has 0 radical (unpaired) electrons. The van der Waals surface area contributed by atoms with E-state index in [2.05, 4.69) is 61.6 Å². The monoisotopic (exact) mass is 329 g/mol. The molecule has 0 aliphatic carbocycles. The summed E-state index contributed by atoms with van der Waals surface area (Å²) in [7, 11) is 4.07. The van der Waals surface area contributed by atoms with Crippen molar-refractivity contribution in [3.05, 3.63) is 30.5 Å².